The molecule has 2 amide bonds. The van der Waals surface area contributed by atoms with Gasteiger partial charge in [0.15, 0.2) is 0 Å². The molecule has 1 fully saturated rings. The molecule has 2 unspecified atom stereocenters. The molecular weight excluding hydrogens is 857 g/mol. The summed E-state index contributed by atoms with van der Waals surface area (Å²) in [6.45, 7) is 4.90. The minimum Gasteiger partial charge on any atom is -0.495 e. The van der Waals surface area contributed by atoms with Gasteiger partial charge in [0, 0.05) is 84.4 Å². The highest BCUT2D eigenvalue weighted by molar-refractivity contribution is 6.00. The lowest BCUT2D eigenvalue weighted by Crippen LogP contribution is -2.43. The van der Waals surface area contributed by atoms with E-state index in [9.17, 15) is 9.59 Å². The molecule has 0 bridgehead atoms. The van der Waals surface area contributed by atoms with Gasteiger partial charge in [-0.25, -0.2) is 0 Å². The van der Waals surface area contributed by atoms with Crippen LogP contribution in [0.2, 0.25) is 0 Å². The van der Waals surface area contributed by atoms with E-state index in [0.717, 1.165) is 39.0 Å². The number of carbonyl (C=O) groups excluding carboxylic acids is 2. The van der Waals surface area contributed by atoms with Crippen molar-refractivity contribution in [2.75, 3.05) is 58.8 Å². The van der Waals surface area contributed by atoms with Crippen LogP contribution in [-0.4, -0.2) is 106 Å². The summed E-state index contributed by atoms with van der Waals surface area (Å²) in [4.78, 5) is 60.4. The van der Waals surface area contributed by atoms with E-state index in [0.29, 0.717) is 82.1 Å². The summed E-state index contributed by atoms with van der Waals surface area (Å²) in [7, 11) is 6.17. The fraction of sp³-hybridized carbons (Fsp3) is 0.250. The molecular formula is C48H48N12O7. The number of anilines is 4. The Morgan fingerprint density at radius 1 is 0.701 bits per heavy atom. The topological polar surface area (TPSA) is 237 Å². The molecule has 6 N–H and O–H groups in total. The Bertz CT molecular complexity index is 3130. The Morgan fingerprint density at radius 3 is 1.79 bits per heavy atom. The zero-order chi connectivity index (χ0) is 46.6. The molecule has 19 heteroatoms. The molecule has 0 saturated carbocycles. The van der Waals surface area contributed by atoms with Crippen LogP contribution in [0, 0.1) is 19.8 Å². The zero-order valence-corrected chi connectivity index (χ0v) is 37.6. The van der Waals surface area contributed by atoms with E-state index < -0.39 is 6.10 Å². The van der Waals surface area contributed by atoms with Gasteiger partial charge in [0.05, 0.1) is 56.7 Å². The number of aryl methyl sites for hydroxylation is 2. The van der Waals surface area contributed by atoms with Gasteiger partial charge in [0.2, 0.25) is 23.7 Å². The Morgan fingerprint density at radius 2 is 1.25 bits per heavy atom. The first-order chi connectivity index (χ1) is 32.6. The van der Waals surface area contributed by atoms with Crippen LogP contribution in [0.3, 0.4) is 0 Å². The average Bonchev–Trinajstić information content (AvgIpc) is 3.98. The SMILES string of the molecule is CNC(=O)c1ccc(Nc2nc(OC3CCOCC3CNC(=O)c3ccc(Nc4nc(OC)c5c(-c6ccnc(C)c6)c[nH]c5n4)c(OC)c3)c3c(-c4ccnc(C)c4)c[nH]c3n2)c(OC)c1. The number of carbonyl (C=O) groups is 2. The van der Waals surface area contributed by atoms with E-state index in [1.807, 2.05) is 50.5 Å². The molecule has 1 aliphatic heterocycles. The van der Waals surface area contributed by atoms with Gasteiger partial charge in [0.25, 0.3) is 11.8 Å². The molecule has 19 nitrogen and oxygen atoms in total. The lowest BCUT2D eigenvalue weighted by atomic mass is 9.98. The number of nitrogens with zero attached hydrogens (tertiary/aromatic N) is 6. The quantitative estimate of drug-likeness (QED) is 0.0604. The molecule has 2 atom stereocenters. The van der Waals surface area contributed by atoms with Crippen LogP contribution in [-0.2, 0) is 4.74 Å². The smallest absolute Gasteiger partial charge is 0.251 e. The second-order valence-corrected chi connectivity index (χ2v) is 15.8. The van der Waals surface area contributed by atoms with Crippen molar-refractivity contribution in [3.63, 3.8) is 0 Å². The number of amides is 2. The molecule has 2 aromatic carbocycles. The van der Waals surface area contributed by atoms with E-state index in [1.165, 1.54) is 14.2 Å². The van der Waals surface area contributed by atoms with Crippen molar-refractivity contribution in [3.8, 4) is 45.5 Å². The largest absolute Gasteiger partial charge is 0.495 e. The number of fused-ring (bicyclic) bond motifs is 2. The maximum absolute atomic E-state index is 13.8. The summed E-state index contributed by atoms with van der Waals surface area (Å²) < 4.78 is 29.8. The molecule has 6 aromatic heterocycles. The van der Waals surface area contributed by atoms with Gasteiger partial charge in [-0.1, -0.05) is 0 Å². The zero-order valence-electron chi connectivity index (χ0n) is 37.6. The second-order valence-electron chi connectivity index (χ2n) is 15.8. The number of aromatic nitrogens is 8. The maximum Gasteiger partial charge on any atom is 0.251 e. The molecule has 1 saturated heterocycles. The van der Waals surface area contributed by atoms with Gasteiger partial charge in [-0.3, -0.25) is 19.6 Å². The highest BCUT2D eigenvalue weighted by Crippen LogP contribution is 2.39. The van der Waals surface area contributed by atoms with E-state index in [-0.39, 0.29) is 36.2 Å². The highest BCUT2D eigenvalue weighted by Gasteiger charge is 2.31. The normalized spacial score (nSPS) is 14.7. The van der Waals surface area contributed by atoms with Crippen molar-refractivity contribution >= 4 is 57.2 Å². The van der Waals surface area contributed by atoms with E-state index in [2.05, 4.69) is 46.2 Å². The number of benzene rings is 2. The Hall–Kier alpha value is -8.32. The standard InChI is InChI=1S/C48H48N12O7/c1-25-17-27(11-14-50-25)32-22-52-41-39(32)45(65-6)59-47(57-41)55-35-10-8-30(20-38(35)64-5)44(62)54-21-31-24-66-16-13-36(31)67-46-40-33(28-12-15-51-26(2)18-28)23-53-42(40)58-48(60-46)56-34-9-7-29(43(61)49-3)19-37(34)63-4/h7-12,14-15,17-20,22-23,31,36H,13,16,21,24H2,1-6H3,(H,49,61)(H,54,62)(H2,52,55,57,59)(H2,53,56,58,60). The summed E-state index contributed by atoms with van der Waals surface area (Å²) in [5.74, 6) is 1.23. The van der Waals surface area contributed by atoms with Gasteiger partial charge < -0.3 is 54.9 Å². The van der Waals surface area contributed by atoms with Crippen LogP contribution in [0.4, 0.5) is 23.3 Å². The molecule has 0 spiro atoms. The number of ether oxygens (including phenoxy) is 5. The van der Waals surface area contributed by atoms with Crippen molar-refractivity contribution in [1.29, 1.82) is 0 Å². The monoisotopic (exact) mass is 904 g/mol. The summed E-state index contributed by atoms with van der Waals surface area (Å²) >= 11 is 0. The number of H-pyrrole nitrogens is 2. The minimum absolute atomic E-state index is 0.234. The number of hydrogen-bond acceptors (Lipinski definition) is 15. The maximum atomic E-state index is 13.8. The summed E-state index contributed by atoms with van der Waals surface area (Å²) in [6.07, 6.45) is 7.38. The predicted octanol–water partition coefficient (Wildman–Crippen LogP) is 7.06. The minimum atomic E-state index is -0.400. The van der Waals surface area contributed by atoms with Crippen LogP contribution >= 0.6 is 0 Å². The number of methoxy groups -OCH3 is 3. The second kappa shape index (κ2) is 19.0. The molecule has 0 aliphatic carbocycles. The molecule has 1 aliphatic rings. The first kappa shape index (κ1) is 43.9. The van der Waals surface area contributed by atoms with E-state index >= 15 is 0 Å². The summed E-state index contributed by atoms with van der Waals surface area (Å²) in [5, 5.41) is 13.6. The number of rotatable bonds is 15. The van der Waals surface area contributed by atoms with Gasteiger partial charge in [-0.05, 0) is 85.6 Å². The lowest BCUT2D eigenvalue weighted by Gasteiger charge is -2.32. The first-order valence-corrected chi connectivity index (χ1v) is 21.5. The lowest BCUT2D eigenvalue weighted by molar-refractivity contribution is -0.0232. The van der Waals surface area contributed by atoms with Crippen LogP contribution in [0.25, 0.3) is 44.3 Å². The number of pyridine rings is 2. The molecule has 8 aromatic rings. The summed E-state index contributed by atoms with van der Waals surface area (Å²) in [6, 6.07) is 17.9. The number of hydrogen-bond donors (Lipinski definition) is 6. The van der Waals surface area contributed by atoms with Crippen molar-refractivity contribution in [2.24, 2.45) is 5.92 Å². The van der Waals surface area contributed by atoms with Gasteiger partial charge in [0.1, 0.15) is 28.9 Å². The fourth-order valence-electron chi connectivity index (χ4n) is 8.08. The Balaban J connectivity index is 0.939. The molecule has 67 heavy (non-hydrogen) atoms. The third-order valence-corrected chi connectivity index (χ3v) is 11.4. The Kier molecular flexibility index (Phi) is 12.5. The van der Waals surface area contributed by atoms with Crippen LogP contribution in [0.15, 0.2) is 85.5 Å². The number of nitrogens with one attached hydrogen (secondary N) is 6. The molecule has 7 heterocycles. The van der Waals surface area contributed by atoms with Gasteiger partial charge in [-0.2, -0.15) is 19.9 Å². The average molecular weight is 905 g/mol. The van der Waals surface area contributed by atoms with Crippen LogP contribution in [0.5, 0.6) is 23.3 Å². The van der Waals surface area contributed by atoms with Crippen LogP contribution in [0.1, 0.15) is 38.5 Å². The van der Waals surface area contributed by atoms with Gasteiger partial charge in [-0.15, -0.1) is 0 Å². The van der Waals surface area contributed by atoms with Crippen molar-refractivity contribution in [1.82, 2.24) is 50.5 Å². The van der Waals surface area contributed by atoms with Gasteiger partial charge >= 0.3 is 0 Å². The van der Waals surface area contributed by atoms with E-state index in [1.54, 1.807) is 62.9 Å². The highest BCUT2D eigenvalue weighted by atomic mass is 16.5. The fourth-order valence-corrected chi connectivity index (χ4v) is 8.08. The Labute approximate surface area is 384 Å². The third kappa shape index (κ3) is 9.17. The first-order valence-electron chi connectivity index (χ1n) is 21.5. The summed E-state index contributed by atoms with van der Waals surface area (Å²) in [5.41, 5.74) is 8.32. The van der Waals surface area contributed by atoms with Crippen LogP contribution < -0.4 is 40.2 Å². The van der Waals surface area contributed by atoms with E-state index in [4.69, 9.17) is 38.6 Å². The molecule has 0 radical (unpaired) electrons. The van der Waals surface area contributed by atoms with Crippen molar-refractivity contribution < 1.29 is 33.3 Å². The predicted molar refractivity (Wildman–Crippen MR) is 252 cm³/mol. The third-order valence-electron chi connectivity index (χ3n) is 11.4. The van der Waals surface area contributed by atoms with Crippen molar-refractivity contribution in [3.05, 3.63) is 108 Å². The molecule has 9 rings (SSSR count). The number of aromatic amines is 2. The molecule has 342 valence electrons. The van der Waals surface area contributed by atoms with Crippen molar-refractivity contribution in [2.45, 2.75) is 26.4 Å².